The predicted octanol–water partition coefficient (Wildman–Crippen LogP) is 2.51. The fourth-order valence-corrected chi connectivity index (χ4v) is 2.64. The van der Waals surface area contributed by atoms with Crippen molar-refractivity contribution in [2.75, 3.05) is 0 Å². The first-order valence-electron chi connectivity index (χ1n) is 5.92. The maximum absolute atomic E-state index is 13.0. The van der Waals surface area contributed by atoms with Crippen molar-refractivity contribution in [1.82, 2.24) is 4.90 Å². The van der Waals surface area contributed by atoms with Gasteiger partial charge in [0, 0.05) is 9.61 Å². The Hall–Kier alpha value is -1.18. The molecule has 19 heavy (non-hydrogen) atoms. The summed E-state index contributed by atoms with van der Waals surface area (Å²) < 4.78 is 13.5. The zero-order valence-electron chi connectivity index (χ0n) is 10.3. The predicted molar refractivity (Wildman–Crippen MR) is 75.4 cm³/mol. The van der Waals surface area contributed by atoms with Crippen LogP contribution in [0.3, 0.4) is 0 Å². The van der Waals surface area contributed by atoms with E-state index in [0.29, 0.717) is 9.13 Å². The molecule has 1 fully saturated rings. The molecule has 2 rings (SSSR count). The van der Waals surface area contributed by atoms with Gasteiger partial charge in [-0.05, 0) is 60.6 Å². The van der Waals surface area contributed by atoms with Crippen molar-refractivity contribution < 1.29 is 19.1 Å². The summed E-state index contributed by atoms with van der Waals surface area (Å²) in [6.45, 7) is 1.49. The van der Waals surface area contributed by atoms with Crippen LogP contribution >= 0.6 is 22.6 Å². The van der Waals surface area contributed by atoms with E-state index in [1.165, 1.54) is 30.0 Å². The average Bonchev–Trinajstić information content (AvgIpc) is 3.13. The zero-order chi connectivity index (χ0) is 14.2. The molecule has 0 saturated heterocycles. The van der Waals surface area contributed by atoms with Crippen LogP contribution in [0.25, 0.3) is 0 Å². The van der Waals surface area contributed by atoms with E-state index in [9.17, 15) is 14.0 Å². The van der Waals surface area contributed by atoms with Gasteiger partial charge < -0.3 is 10.0 Å². The van der Waals surface area contributed by atoms with Crippen molar-refractivity contribution >= 4 is 34.5 Å². The number of halogens is 2. The van der Waals surface area contributed by atoms with Gasteiger partial charge in [0.2, 0.25) is 0 Å². The van der Waals surface area contributed by atoms with Crippen molar-refractivity contribution in [3.8, 4) is 0 Å². The molecule has 4 nitrogen and oxygen atoms in total. The molecule has 1 atom stereocenters. The number of carboxylic acid groups (broad SMARTS) is 1. The van der Waals surface area contributed by atoms with Gasteiger partial charge in [-0.2, -0.15) is 0 Å². The molecule has 1 unspecified atom stereocenters. The second kappa shape index (κ2) is 5.44. The highest BCUT2D eigenvalue weighted by Gasteiger charge is 2.39. The standard InChI is InChI=1S/C13H13FINO3/c1-7(13(18)19)16(9-3-4-9)12(17)10-5-2-8(14)6-11(10)15/h2,5-7,9H,3-4H2,1H3,(H,18,19). The molecule has 1 N–H and O–H groups in total. The number of aliphatic carboxylic acids is 1. The molecule has 1 amide bonds. The van der Waals surface area contributed by atoms with E-state index < -0.39 is 17.8 Å². The summed E-state index contributed by atoms with van der Waals surface area (Å²) >= 11 is 1.88. The lowest BCUT2D eigenvalue weighted by atomic mass is 10.1. The molecular formula is C13H13FINO3. The molecule has 0 aliphatic heterocycles. The Balaban J connectivity index is 2.31. The molecule has 1 aliphatic carbocycles. The normalized spacial score (nSPS) is 15.9. The summed E-state index contributed by atoms with van der Waals surface area (Å²) in [6.07, 6.45) is 1.64. The first-order valence-corrected chi connectivity index (χ1v) is 7.00. The number of rotatable bonds is 4. The topological polar surface area (TPSA) is 57.6 Å². The van der Waals surface area contributed by atoms with Crippen molar-refractivity contribution in [2.24, 2.45) is 0 Å². The van der Waals surface area contributed by atoms with Crippen LogP contribution in [0.2, 0.25) is 0 Å². The fourth-order valence-electron chi connectivity index (χ4n) is 1.93. The molecular weight excluding hydrogens is 364 g/mol. The van der Waals surface area contributed by atoms with Gasteiger partial charge in [0.15, 0.2) is 0 Å². The second-order valence-corrected chi connectivity index (χ2v) is 5.74. The van der Waals surface area contributed by atoms with E-state index in [0.717, 1.165) is 12.8 Å². The molecule has 0 bridgehead atoms. The first-order chi connectivity index (χ1) is 8.91. The molecule has 0 heterocycles. The Labute approximate surface area is 123 Å². The first kappa shape index (κ1) is 14.2. The van der Waals surface area contributed by atoms with Crippen LogP contribution in [0.15, 0.2) is 18.2 Å². The van der Waals surface area contributed by atoms with Crippen LogP contribution in [-0.4, -0.2) is 34.0 Å². The second-order valence-electron chi connectivity index (χ2n) is 4.58. The van der Waals surface area contributed by atoms with Crippen LogP contribution in [0.4, 0.5) is 4.39 Å². The molecule has 102 valence electrons. The van der Waals surface area contributed by atoms with Crippen LogP contribution in [0, 0.1) is 9.39 Å². The number of carboxylic acids is 1. The molecule has 1 aliphatic rings. The molecule has 1 saturated carbocycles. The van der Waals surface area contributed by atoms with Crippen LogP contribution in [0.5, 0.6) is 0 Å². The smallest absolute Gasteiger partial charge is 0.326 e. The highest BCUT2D eigenvalue weighted by Crippen LogP contribution is 2.31. The molecule has 0 aromatic heterocycles. The fraction of sp³-hybridized carbons (Fsp3) is 0.385. The van der Waals surface area contributed by atoms with Crippen LogP contribution < -0.4 is 0 Å². The third kappa shape index (κ3) is 3.05. The Morgan fingerprint density at radius 1 is 1.47 bits per heavy atom. The van der Waals surface area contributed by atoms with Gasteiger partial charge in [-0.15, -0.1) is 0 Å². The summed E-state index contributed by atoms with van der Waals surface area (Å²) in [4.78, 5) is 24.9. The summed E-state index contributed by atoms with van der Waals surface area (Å²) in [5.41, 5.74) is 0.349. The van der Waals surface area contributed by atoms with Crippen molar-refractivity contribution in [3.05, 3.63) is 33.1 Å². The van der Waals surface area contributed by atoms with Gasteiger partial charge in [-0.1, -0.05) is 0 Å². The van der Waals surface area contributed by atoms with Gasteiger partial charge in [-0.3, -0.25) is 4.79 Å². The maximum atomic E-state index is 13.0. The number of benzene rings is 1. The summed E-state index contributed by atoms with van der Waals surface area (Å²) in [7, 11) is 0. The van der Waals surface area contributed by atoms with Gasteiger partial charge in [0.05, 0.1) is 5.56 Å². The monoisotopic (exact) mass is 377 g/mol. The van der Waals surface area contributed by atoms with Crippen LogP contribution in [-0.2, 0) is 4.79 Å². The van der Waals surface area contributed by atoms with Gasteiger partial charge >= 0.3 is 5.97 Å². The van der Waals surface area contributed by atoms with Crippen LogP contribution in [0.1, 0.15) is 30.1 Å². The summed E-state index contributed by atoms with van der Waals surface area (Å²) in [5, 5.41) is 9.08. The lowest BCUT2D eigenvalue weighted by molar-refractivity contribution is -0.141. The number of nitrogens with zero attached hydrogens (tertiary/aromatic N) is 1. The number of amides is 1. The van der Waals surface area contributed by atoms with E-state index >= 15 is 0 Å². The molecule has 1 aromatic rings. The quantitative estimate of drug-likeness (QED) is 0.821. The van der Waals surface area contributed by atoms with E-state index in [2.05, 4.69) is 0 Å². The van der Waals surface area contributed by atoms with Crippen molar-refractivity contribution in [1.29, 1.82) is 0 Å². The Morgan fingerprint density at radius 2 is 2.11 bits per heavy atom. The number of hydrogen-bond donors (Lipinski definition) is 1. The molecule has 6 heteroatoms. The highest BCUT2D eigenvalue weighted by atomic mass is 127. The average molecular weight is 377 g/mol. The number of carbonyl (C=O) groups is 2. The Kier molecular flexibility index (Phi) is 4.07. The van der Waals surface area contributed by atoms with Crippen molar-refractivity contribution in [2.45, 2.75) is 31.8 Å². The largest absolute Gasteiger partial charge is 0.480 e. The molecule has 0 radical (unpaired) electrons. The minimum absolute atomic E-state index is 0.0144. The number of carbonyl (C=O) groups excluding carboxylic acids is 1. The van der Waals surface area contributed by atoms with Crippen molar-refractivity contribution in [3.63, 3.8) is 0 Å². The van der Waals surface area contributed by atoms with E-state index in [1.807, 2.05) is 22.6 Å². The molecule has 1 aromatic carbocycles. The summed E-state index contributed by atoms with van der Waals surface area (Å²) in [5.74, 6) is -1.79. The third-order valence-corrected chi connectivity index (χ3v) is 4.00. The molecule has 0 spiro atoms. The number of hydrogen-bond acceptors (Lipinski definition) is 2. The lowest BCUT2D eigenvalue weighted by Crippen LogP contribution is -2.45. The zero-order valence-corrected chi connectivity index (χ0v) is 12.4. The van der Waals surface area contributed by atoms with E-state index in [1.54, 1.807) is 0 Å². The third-order valence-electron chi connectivity index (χ3n) is 3.11. The lowest BCUT2D eigenvalue weighted by Gasteiger charge is -2.26. The minimum Gasteiger partial charge on any atom is -0.480 e. The highest BCUT2D eigenvalue weighted by molar-refractivity contribution is 14.1. The SMILES string of the molecule is CC(C(=O)O)N(C(=O)c1ccc(F)cc1I)C1CC1. The van der Waals surface area contributed by atoms with E-state index in [4.69, 9.17) is 5.11 Å². The summed E-state index contributed by atoms with van der Waals surface area (Å²) in [6, 6.07) is 3.00. The minimum atomic E-state index is -1.03. The van der Waals surface area contributed by atoms with Gasteiger partial charge in [0.25, 0.3) is 5.91 Å². The Bertz CT molecular complexity index is 531. The van der Waals surface area contributed by atoms with E-state index in [-0.39, 0.29) is 11.9 Å². The van der Waals surface area contributed by atoms with Gasteiger partial charge in [-0.25, -0.2) is 9.18 Å². The Morgan fingerprint density at radius 3 is 2.58 bits per heavy atom. The maximum Gasteiger partial charge on any atom is 0.326 e. The van der Waals surface area contributed by atoms with Gasteiger partial charge in [0.1, 0.15) is 11.9 Å².